The highest BCUT2D eigenvalue weighted by Gasteiger charge is 2.35. The summed E-state index contributed by atoms with van der Waals surface area (Å²) in [7, 11) is 0. The number of hydrogen-bond donors (Lipinski definition) is 1. The van der Waals surface area contributed by atoms with Gasteiger partial charge in [0.05, 0.1) is 5.56 Å². The molecule has 0 saturated carbocycles. The maximum absolute atomic E-state index is 13.8. The van der Waals surface area contributed by atoms with Crippen LogP contribution in [0.25, 0.3) is 0 Å². The zero-order chi connectivity index (χ0) is 17.1. The predicted molar refractivity (Wildman–Crippen MR) is 85.5 cm³/mol. The van der Waals surface area contributed by atoms with E-state index in [4.69, 9.17) is 0 Å². The minimum Gasteiger partial charge on any atom is -0.327 e. The van der Waals surface area contributed by atoms with E-state index in [9.17, 15) is 18.4 Å². The van der Waals surface area contributed by atoms with Gasteiger partial charge in [-0.05, 0) is 43.2 Å². The summed E-state index contributed by atoms with van der Waals surface area (Å²) < 4.78 is 27.2. The van der Waals surface area contributed by atoms with E-state index < -0.39 is 23.6 Å². The van der Waals surface area contributed by atoms with Crippen LogP contribution in [0, 0.1) is 11.6 Å². The summed E-state index contributed by atoms with van der Waals surface area (Å²) in [4.78, 5) is 26.3. The Balaban J connectivity index is 1.78. The van der Waals surface area contributed by atoms with Crippen molar-refractivity contribution in [2.45, 2.75) is 18.9 Å². The number of nitrogens with one attached hydrogen (secondary N) is 1. The lowest BCUT2D eigenvalue weighted by atomic mass is 10.1. The Morgan fingerprint density at radius 1 is 1.08 bits per heavy atom. The van der Waals surface area contributed by atoms with E-state index in [1.54, 1.807) is 24.3 Å². The topological polar surface area (TPSA) is 49.4 Å². The molecule has 1 fully saturated rings. The van der Waals surface area contributed by atoms with E-state index in [1.165, 1.54) is 4.90 Å². The standard InChI is InChI=1S/C18H16F2N2O2/c19-12-8-9-15(20)14(11-12)18(24)22-10-4-7-16(22)17(23)21-13-5-2-1-3-6-13/h1-3,5-6,8-9,11,16H,4,7,10H2,(H,21,23)/t16-/m1/s1. The molecular formula is C18H16F2N2O2. The quantitative estimate of drug-likeness (QED) is 0.939. The molecule has 0 bridgehead atoms. The minimum atomic E-state index is -0.796. The number of halogens is 2. The first-order valence-electron chi connectivity index (χ1n) is 7.68. The van der Waals surface area contributed by atoms with Crippen LogP contribution in [0.3, 0.4) is 0 Å². The molecule has 3 rings (SSSR count). The number of anilines is 1. The maximum atomic E-state index is 13.8. The van der Waals surface area contributed by atoms with Crippen molar-refractivity contribution in [2.24, 2.45) is 0 Å². The number of amides is 2. The second-order valence-electron chi connectivity index (χ2n) is 5.64. The Morgan fingerprint density at radius 2 is 1.83 bits per heavy atom. The van der Waals surface area contributed by atoms with Crippen LogP contribution >= 0.6 is 0 Å². The summed E-state index contributed by atoms with van der Waals surface area (Å²) in [5.74, 6) is -2.48. The third-order valence-electron chi connectivity index (χ3n) is 4.02. The van der Waals surface area contributed by atoms with E-state index in [0.717, 1.165) is 18.2 Å². The molecule has 6 heteroatoms. The van der Waals surface area contributed by atoms with Gasteiger partial charge < -0.3 is 10.2 Å². The summed E-state index contributed by atoms with van der Waals surface area (Å²) in [5, 5.41) is 2.75. The number of nitrogens with zero attached hydrogens (tertiary/aromatic N) is 1. The van der Waals surface area contributed by atoms with Gasteiger partial charge in [-0.1, -0.05) is 18.2 Å². The van der Waals surface area contributed by atoms with Crippen molar-refractivity contribution in [3.63, 3.8) is 0 Å². The molecule has 4 nitrogen and oxygen atoms in total. The fourth-order valence-corrected chi connectivity index (χ4v) is 2.85. The number of benzene rings is 2. The van der Waals surface area contributed by atoms with Gasteiger partial charge in [0.1, 0.15) is 17.7 Å². The molecule has 1 saturated heterocycles. The molecule has 2 aromatic carbocycles. The Morgan fingerprint density at radius 3 is 2.58 bits per heavy atom. The van der Waals surface area contributed by atoms with Crippen LogP contribution in [0.1, 0.15) is 23.2 Å². The number of likely N-dealkylation sites (tertiary alicyclic amines) is 1. The van der Waals surface area contributed by atoms with Crippen molar-refractivity contribution >= 4 is 17.5 Å². The molecule has 1 atom stereocenters. The van der Waals surface area contributed by atoms with E-state index in [-0.39, 0.29) is 11.5 Å². The average Bonchev–Trinajstić information content (AvgIpc) is 3.07. The van der Waals surface area contributed by atoms with Crippen molar-refractivity contribution in [1.29, 1.82) is 0 Å². The van der Waals surface area contributed by atoms with E-state index in [2.05, 4.69) is 5.32 Å². The van der Waals surface area contributed by atoms with Gasteiger partial charge in [0.2, 0.25) is 5.91 Å². The van der Waals surface area contributed by atoms with E-state index in [1.807, 2.05) is 6.07 Å². The second-order valence-corrected chi connectivity index (χ2v) is 5.64. The van der Waals surface area contributed by atoms with Crippen molar-refractivity contribution in [3.8, 4) is 0 Å². The van der Waals surface area contributed by atoms with Gasteiger partial charge in [-0.25, -0.2) is 8.78 Å². The van der Waals surface area contributed by atoms with Crippen LogP contribution in [0.4, 0.5) is 14.5 Å². The molecule has 0 aliphatic carbocycles. The zero-order valence-corrected chi connectivity index (χ0v) is 12.8. The van der Waals surface area contributed by atoms with Crippen LogP contribution in [-0.4, -0.2) is 29.3 Å². The van der Waals surface area contributed by atoms with Crippen LogP contribution in [0.2, 0.25) is 0 Å². The molecule has 2 amide bonds. The second kappa shape index (κ2) is 6.78. The monoisotopic (exact) mass is 330 g/mol. The fourth-order valence-electron chi connectivity index (χ4n) is 2.85. The third-order valence-corrected chi connectivity index (χ3v) is 4.02. The lowest BCUT2D eigenvalue weighted by Crippen LogP contribution is -2.43. The van der Waals surface area contributed by atoms with Crippen molar-refractivity contribution in [1.82, 2.24) is 4.90 Å². The number of rotatable bonds is 3. The molecular weight excluding hydrogens is 314 g/mol. The molecule has 124 valence electrons. The molecule has 1 aliphatic rings. The molecule has 0 spiro atoms. The van der Waals surface area contributed by atoms with Crippen LogP contribution < -0.4 is 5.32 Å². The lowest BCUT2D eigenvalue weighted by Gasteiger charge is -2.24. The maximum Gasteiger partial charge on any atom is 0.257 e. The Bertz CT molecular complexity index is 765. The average molecular weight is 330 g/mol. The number of carbonyl (C=O) groups excluding carboxylic acids is 2. The largest absolute Gasteiger partial charge is 0.327 e. The molecule has 0 radical (unpaired) electrons. The Hall–Kier alpha value is -2.76. The van der Waals surface area contributed by atoms with Gasteiger partial charge in [-0.3, -0.25) is 9.59 Å². The summed E-state index contributed by atoms with van der Waals surface area (Å²) in [6, 6.07) is 10.9. The smallest absolute Gasteiger partial charge is 0.257 e. The first kappa shape index (κ1) is 16.1. The minimum absolute atomic E-state index is 0.330. The fraction of sp³-hybridized carbons (Fsp3) is 0.222. The highest BCUT2D eigenvalue weighted by atomic mass is 19.1. The SMILES string of the molecule is O=C(Nc1ccccc1)[C@H]1CCCN1C(=O)c1cc(F)ccc1F. The lowest BCUT2D eigenvalue weighted by molar-refractivity contribution is -0.119. The van der Waals surface area contributed by atoms with Gasteiger partial charge in [-0.15, -0.1) is 0 Å². The molecule has 24 heavy (non-hydrogen) atoms. The molecule has 1 heterocycles. The predicted octanol–water partition coefficient (Wildman–Crippen LogP) is 3.21. The van der Waals surface area contributed by atoms with Crippen molar-refractivity contribution in [3.05, 3.63) is 65.7 Å². The van der Waals surface area contributed by atoms with Gasteiger partial charge in [0.25, 0.3) is 5.91 Å². The highest BCUT2D eigenvalue weighted by molar-refractivity contribution is 6.01. The third kappa shape index (κ3) is 3.27. The summed E-state index contributed by atoms with van der Waals surface area (Å²) in [6.45, 7) is 0.335. The van der Waals surface area contributed by atoms with E-state index >= 15 is 0 Å². The van der Waals surface area contributed by atoms with Crippen LogP contribution in [0.15, 0.2) is 48.5 Å². The summed E-state index contributed by atoms with van der Waals surface area (Å²) >= 11 is 0. The van der Waals surface area contributed by atoms with Gasteiger partial charge in [0.15, 0.2) is 0 Å². The number of carbonyl (C=O) groups is 2. The highest BCUT2D eigenvalue weighted by Crippen LogP contribution is 2.23. The van der Waals surface area contributed by atoms with Crippen LogP contribution in [-0.2, 0) is 4.79 Å². The normalized spacial score (nSPS) is 16.9. The number of para-hydroxylation sites is 1. The first-order chi connectivity index (χ1) is 11.6. The molecule has 2 aromatic rings. The number of hydrogen-bond acceptors (Lipinski definition) is 2. The van der Waals surface area contributed by atoms with Crippen molar-refractivity contribution < 1.29 is 18.4 Å². The first-order valence-corrected chi connectivity index (χ1v) is 7.68. The van der Waals surface area contributed by atoms with Crippen molar-refractivity contribution in [2.75, 3.05) is 11.9 Å². The van der Waals surface area contributed by atoms with Gasteiger partial charge in [0, 0.05) is 12.2 Å². The zero-order valence-electron chi connectivity index (χ0n) is 12.8. The van der Waals surface area contributed by atoms with Gasteiger partial charge >= 0.3 is 0 Å². The summed E-state index contributed by atoms with van der Waals surface area (Å²) in [6.07, 6.45) is 1.12. The van der Waals surface area contributed by atoms with Gasteiger partial charge in [-0.2, -0.15) is 0 Å². The molecule has 0 aromatic heterocycles. The molecule has 0 unspecified atom stereocenters. The Kier molecular flexibility index (Phi) is 4.55. The molecule has 1 N–H and O–H groups in total. The molecule has 1 aliphatic heterocycles. The van der Waals surface area contributed by atoms with Crippen LogP contribution in [0.5, 0.6) is 0 Å². The Labute approximate surface area is 138 Å². The van der Waals surface area contributed by atoms with E-state index in [0.29, 0.717) is 25.1 Å². The summed E-state index contributed by atoms with van der Waals surface area (Å²) in [5.41, 5.74) is 0.271.